The zero-order chi connectivity index (χ0) is 10.9. The first-order valence-corrected chi connectivity index (χ1v) is 4.06. The quantitative estimate of drug-likeness (QED) is 0.640. The Morgan fingerprint density at radius 3 is 2.57 bits per heavy atom. The Morgan fingerprint density at radius 2 is 2.14 bits per heavy atom. The van der Waals surface area contributed by atoms with Crippen LogP contribution in [0, 0.1) is 0 Å². The van der Waals surface area contributed by atoms with Gasteiger partial charge >= 0.3 is 0 Å². The Labute approximate surface area is 87.3 Å². The predicted octanol–water partition coefficient (Wildman–Crippen LogP) is 2.76. The van der Waals surface area contributed by atoms with Gasteiger partial charge in [-0.3, -0.25) is 4.79 Å². The first-order chi connectivity index (χ1) is 6.43. The molecule has 0 aromatic carbocycles. The van der Waals surface area contributed by atoms with E-state index in [1.54, 1.807) is 0 Å². The molecule has 1 aromatic heterocycles. The van der Waals surface area contributed by atoms with Crippen LogP contribution in [-0.2, 0) is 0 Å². The Kier molecular flexibility index (Phi) is 3.23. The van der Waals surface area contributed by atoms with Crippen LogP contribution in [-0.4, -0.2) is 15.3 Å². The van der Waals surface area contributed by atoms with Gasteiger partial charge in [-0.1, -0.05) is 11.6 Å². The van der Waals surface area contributed by atoms with Crippen LogP contribution in [0.15, 0.2) is 6.07 Å². The van der Waals surface area contributed by atoms with Gasteiger partial charge in [0.1, 0.15) is 5.69 Å². The molecular weight excluding hydrogens is 239 g/mol. The molecule has 3 nitrogen and oxygen atoms in total. The number of carbonyl (C=O) groups is 1. The van der Waals surface area contributed by atoms with E-state index < -0.39 is 33.8 Å². The molecule has 0 radical (unpaired) electrons. The van der Waals surface area contributed by atoms with E-state index >= 15 is 0 Å². The molecule has 14 heavy (non-hydrogen) atoms. The SMILES string of the molecule is O=C(Cl)c1cc(C(F)F)c(O)c(Cl)n1. The van der Waals surface area contributed by atoms with Crippen molar-refractivity contribution in [3.8, 4) is 5.75 Å². The summed E-state index contributed by atoms with van der Waals surface area (Å²) >= 11 is 10.3. The summed E-state index contributed by atoms with van der Waals surface area (Å²) in [6, 6.07) is 0.696. The highest BCUT2D eigenvalue weighted by molar-refractivity contribution is 6.67. The maximum Gasteiger partial charge on any atom is 0.270 e. The van der Waals surface area contributed by atoms with E-state index in [1.807, 2.05) is 0 Å². The summed E-state index contributed by atoms with van der Waals surface area (Å²) in [6.07, 6.45) is -2.95. The molecule has 0 fully saturated rings. The molecule has 0 saturated heterocycles. The summed E-state index contributed by atoms with van der Waals surface area (Å²) in [5.74, 6) is -0.844. The van der Waals surface area contributed by atoms with Crippen molar-refractivity contribution >= 4 is 28.4 Å². The number of hydrogen-bond acceptors (Lipinski definition) is 3. The maximum atomic E-state index is 12.3. The second-order valence-corrected chi connectivity index (χ2v) is 3.01. The maximum absolute atomic E-state index is 12.3. The second kappa shape index (κ2) is 4.06. The molecular formula is C7H3Cl2F2NO2. The van der Waals surface area contributed by atoms with E-state index in [2.05, 4.69) is 4.98 Å². The van der Waals surface area contributed by atoms with Crippen molar-refractivity contribution in [1.29, 1.82) is 0 Å². The van der Waals surface area contributed by atoms with Gasteiger partial charge in [0.2, 0.25) is 0 Å². The Morgan fingerprint density at radius 1 is 1.57 bits per heavy atom. The summed E-state index contributed by atoms with van der Waals surface area (Å²) < 4.78 is 24.5. The Bertz CT molecular complexity index is 384. The van der Waals surface area contributed by atoms with Crippen LogP contribution in [0.1, 0.15) is 22.5 Å². The molecule has 1 rings (SSSR count). The first kappa shape index (κ1) is 11.1. The Balaban J connectivity index is 3.35. The van der Waals surface area contributed by atoms with Crippen LogP contribution in [0.25, 0.3) is 0 Å². The highest BCUT2D eigenvalue weighted by Crippen LogP contribution is 2.33. The standard InChI is InChI=1S/C7H3Cl2F2NO2/c8-5-4(13)2(7(10)11)1-3(12-5)6(9)14/h1,7,13H. The van der Waals surface area contributed by atoms with E-state index in [4.69, 9.17) is 28.3 Å². The summed E-state index contributed by atoms with van der Waals surface area (Å²) in [6.45, 7) is 0. The molecule has 0 unspecified atom stereocenters. The van der Waals surface area contributed by atoms with E-state index in [0.29, 0.717) is 6.07 Å². The van der Waals surface area contributed by atoms with Crippen LogP contribution in [0.2, 0.25) is 5.15 Å². The lowest BCUT2D eigenvalue weighted by atomic mass is 10.2. The number of nitrogens with zero attached hydrogens (tertiary/aromatic N) is 1. The summed E-state index contributed by atoms with van der Waals surface area (Å²) in [4.78, 5) is 13.9. The summed E-state index contributed by atoms with van der Waals surface area (Å²) in [5, 5.41) is 7.45. The number of carbonyl (C=O) groups excluding carboxylic acids is 1. The second-order valence-electron chi connectivity index (χ2n) is 2.31. The van der Waals surface area contributed by atoms with Gasteiger partial charge in [-0.05, 0) is 17.7 Å². The lowest BCUT2D eigenvalue weighted by Crippen LogP contribution is -1.98. The van der Waals surface area contributed by atoms with Gasteiger partial charge in [-0.15, -0.1) is 0 Å². The van der Waals surface area contributed by atoms with Crippen molar-refractivity contribution in [1.82, 2.24) is 4.98 Å². The van der Waals surface area contributed by atoms with Gasteiger partial charge in [0.15, 0.2) is 10.9 Å². The van der Waals surface area contributed by atoms with Crippen molar-refractivity contribution in [3.05, 3.63) is 22.5 Å². The predicted molar refractivity (Wildman–Crippen MR) is 46.1 cm³/mol. The number of aromatic nitrogens is 1. The van der Waals surface area contributed by atoms with Crippen LogP contribution in [0.4, 0.5) is 8.78 Å². The summed E-state index contributed by atoms with van der Waals surface area (Å²) in [5.41, 5.74) is -1.20. The highest BCUT2D eigenvalue weighted by Gasteiger charge is 2.19. The topological polar surface area (TPSA) is 50.2 Å². The minimum atomic E-state index is -2.95. The van der Waals surface area contributed by atoms with E-state index in [0.717, 1.165) is 0 Å². The average molecular weight is 242 g/mol. The summed E-state index contributed by atoms with van der Waals surface area (Å²) in [7, 11) is 0. The van der Waals surface area contributed by atoms with E-state index in [9.17, 15) is 13.6 Å². The van der Waals surface area contributed by atoms with E-state index in [1.165, 1.54) is 0 Å². The number of halogens is 4. The molecule has 0 saturated carbocycles. The monoisotopic (exact) mass is 241 g/mol. The molecule has 0 aliphatic heterocycles. The fourth-order valence-electron chi connectivity index (χ4n) is 0.793. The van der Waals surface area contributed by atoms with Gasteiger partial charge in [-0.2, -0.15) is 0 Å². The number of alkyl halides is 2. The van der Waals surface area contributed by atoms with Gasteiger partial charge in [-0.25, -0.2) is 13.8 Å². The molecule has 0 amide bonds. The van der Waals surface area contributed by atoms with Crippen LogP contribution >= 0.6 is 23.2 Å². The Hall–Kier alpha value is -0.940. The van der Waals surface area contributed by atoms with Gasteiger partial charge in [0, 0.05) is 0 Å². The highest BCUT2D eigenvalue weighted by atomic mass is 35.5. The third kappa shape index (κ3) is 2.10. The molecule has 0 spiro atoms. The molecule has 1 aromatic rings. The van der Waals surface area contributed by atoms with Gasteiger partial charge < -0.3 is 5.11 Å². The smallest absolute Gasteiger partial charge is 0.270 e. The van der Waals surface area contributed by atoms with E-state index in [-0.39, 0.29) is 0 Å². The van der Waals surface area contributed by atoms with Crippen molar-refractivity contribution in [2.24, 2.45) is 0 Å². The molecule has 1 N–H and O–H groups in total. The lowest BCUT2D eigenvalue weighted by molar-refractivity contribution is 0.107. The molecule has 0 bridgehead atoms. The zero-order valence-corrected chi connectivity index (χ0v) is 7.98. The molecule has 1 heterocycles. The minimum absolute atomic E-state index is 0.426. The largest absolute Gasteiger partial charge is 0.504 e. The fraction of sp³-hybridized carbons (Fsp3) is 0.143. The van der Waals surface area contributed by atoms with Gasteiger partial charge in [0.25, 0.3) is 11.7 Å². The molecule has 76 valence electrons. The lowest BCUT2D eigenvalue weighted by Gasteiger charge is -2.05. The molecule has 0 atom stereocenters. The van der Waals surface area contributed by atoms with Crippen molar-refractivity contribution in [2.75, 3.05) is 0 Å². The number of aromatic hydroxyl groups is 1. The fourth-order valence-corrected chi connectivity index (χ4v) is 1.09. The molecule has 0 aliphatic carbocycles. The molecule has 7 heteroatoms. The third-order valence-electron chi connectivity index (χ3n) is 1.42. The van der Waals surface area contributed by atoms with Crippen molar-refractivity contribution in [3.63, 3.8) is 0 Å². The van der Waals surface area contributed by atoms with Gasteiger partial charge in [0.05, 0.1) is 5.56 Å². The first-order valence-electron chi connectivity index (χ1n) is 3.31. The number of hydrogen-bond donors (Lipinski definition) is 1. The number of pyridine rings is 1. The average Bonchev–Trinajstić information content (AvgIpc) is 2.08. The normalized spacial score (nSPS) is 10.6. The number of rotatable bonds is 2. The third-order valence-corrected chi connectivity index (χ3v) is 1.87. The van der Waals surface area contributed by atoms with Crippen LogP contribution in [0.5, 0.6) is 5.75 Å². The van der Waals surface area contributed by atoms with Crippen molar-refractivity contribution < 1.29 is 18.7 Å². The zero-order valence-electron chi connectivity index (χ0n) is 6.47. The molecule has 0 aliphatic rings. The van der Waals surface area contributed by atoms with Crippen LogP contribution < -0.4 is 0 Å². The minimum Gasteiger partial charge on any atom is -0.504 e. The van der Waals surface area contributed by atoms with Crippen molar-refractivity contribution in [2.45, 2.75) is 6.43 Å². The van der Waals surface area contributed by atoms with Crippen LogP contribution in [0.3, 0.4) is 0 Å².